The first-order chi connectivity index (χ1) is 7.34. The van der Waals surface area contributed by atoms with Gasteiger partial charge in [-0.2, -0.15) is 4.80 Å². The van der Waals surface area contributed by atoms with Crippen molar-refractivity contribution in [1.82, 2.24) is 30.2 Å². The first-order valence-electron chi connectivity index (χ1n) is 4.27. The van der Waals surface area contributed by atoms with Crippen molar-refractivity contribution in [3.05, 3.63) is 23.3 Å². The summed E-state index contributed by atoms with van der Waals surface area (Å²) in [6.45, 7) is 1.32. The summed E-state index contributed by atoms with van der Waals surface area (Å²) >= 11 is 3.26. The van der Waals surface area contributed by atoms with E-state index in [1.807, 2.05) is 0 Å². The monoisotopic (exact) mass is 269 g/mol. The molecule has 0 unspecified atom stereocenters. The van der Waals surface area contributed by atoms with Crippen molar-refractivity contribution in [1.29, 1.82) is 0 Å². The van der Waals surface area contributed by atoms with Gasteiger partial charge in [-0.25, -0.2) is 9.97 Å². The second-order valence-corrected chi connectivity index (χ2v) is 3.50. The van der Waals surface area contributed by atoms with Gasteiger partial charge in [0.2, 0.25) is 0 Å². The van der Waals surface area contributed by atoms with E-state index in [1.165, 1.54) is 17.5 Å². The number of rotatable bonds is 4. The number of anilines is 1. The van der Waals surface area contributed by atoms with E-state index in [4.69, 9.17) is 0 Å². The van der Waals surface area contributed by atoms with E-state index in [1.54, 1.807) is 6.07 Å². The van der Waals surface area contributed by atoms with Crippen molar-refractivity contribution >= 4 is 21.7 Å². The summed E-state index contributed by atoms with van der Waals surface area (Å²) in [5, 5.41) is 14.3. The summed E-state index contributed by atoms with van der Waals surface area (Å²) in [7, 11) is 0. The van der Waals surface area contributed by atoms with Crippen LogP contribution in [0.1, 0.15) is 0 Å². The highest BCUT2D eigenvalue weighted by molar-refractivity contribution is 9.10. The van der Waals surface area contributed by atoms with Crippen LogP contribution in [0.3, 0.4) is 0 Å². The van der Waals surface area contributed by atoms with E-state index in [2.05, 4.69) is 46.6 Å². The van der Waals surface area contributed by atoms with E-state index < -0.39 is 0 Å². The van der Waals surface area contributed by atoms with Crippen LogP contribution < -0.4 is 5.32 Å². The van der Waals surface area contributed by atoms with E-state index in [-0.39, 0.29) is 0 Å². The van der Waals surface area contributed by atoms with Gasteiger partial charge in [0.05, 0.1) is 6.54 Å². The maximum atomic E-state index is 4.04. The van der Waals surface area contributed by atoms with Gasteiger partial charge in [-0.1, -0.05) is 0 Å². The predicted molar refractivity (Wildman–Crippen MR) is 56.0 cm³/mol. The van der Waals surface area contributed by atoms with Gasteiger partial charge in [0.1, 0.15) is 16.7 Å². The Kier molecular flexibility index (Phi) is 3.18. The minimum absolute atomic E-state index is 0.640. The Labute approximate surface area is 94.1 Å². The van der Waals surface area contributed by atoms with Crippen molar-refractivity contribution in [2.75, 3.05) is 11.9 Å². The molecule has 2 rings (SSSR count). The molecule has 0 aliphatic carbocycles. The molecule has 0 atom stereocenters. The standard InChI is InChI=1S/C7H8BrN7/c8-6-3-7(11-4-10-6)9-1-2-15-13-5-12-14-15/h3-5H,1-2H2,(H,9,10,11). The lowest BCUT2D eigenvalue weighted by molar-refractivity contribution is 0.538. The SMILES string of the molecule is Brc1cc(NCCn2ncnn2)ncn1. The molecule has 0 spiro atoms. The van der Waals surface area contributed by atoms with Crippen LogP contribution in [0.2, 0.25) is 0 Å². The minimum atomic E-state index is 0.640. The van der Waals surface area contributed by atoms with E-state index in [9.17, 15) is 0 Å². The molecule has 0 fully saturated rings. The lowest BCUT2D eigenvalue weighted by Crippen LogP contribution is -2.13. The Bertz CT molecular complexity index is 415. The summed E-state index contributed by atoms with van der Waals surface area (Å²) < 4.78 is 0.749. The highest BCUT2D eigenvalue weighted by Gasteiger charge is 1.96. The Balaban J connectivity index is 1.83. The Hall–Kier alpha value is -1.57. The van der Waals surface area contributed by atoms with Crippen LogP contribution in [-0.2, 0) is 6.54 Å². The van der Waals surface area contributed by atoms with Crippen LogP contribution in [0, 0.1) is 0 Å². The van der Waals surface area contributed by atoms with E-state index >= 15 is 0 Å². The molecule has 0 bridgehead atoms. The fourth-order valence-corrected chi connectivity index (χ4v) is 1.31. The van der Waals surface area contributed by atoms with Crippen LogP contribution in [-0.4, -0.2) is 36.7 Å². The van der Waals surface area contributed by atoms with Gasteiger partial charge >= 0.3 is 0 Å². The Morgan fingerprint density at radius 3 is 3.00 bits per heavy atom. The zero-order valence-electron chi connectivity index (χ0n) is 7.71. The molecule has 0 aromatic carbocycles. The molecule has 0 saturated heterocycles. The highest BCUT2D eigenvalue weighted by atomic mass is 79.9. The number of nitrogens with one attached hydrogen (secondary N) is 1. The topological polar surface area (TPSA) is 81.4 Å². The van der Waals surface area contributed by atoms with Crippen molar-refractivity contribution < 1.29 is 0 Å². The largest absolute Gasteiger partial charge is 0.368 e. The molecular weight excluding hydrogens is 262 g/mol. The zero-order chi connectivity index (χ0) is 10.5. The van der Waals surface area contributed by atoms with Crippen molar-refractivity contribution in [3.8, 4) is 0 Å². The first kappa shape index (κ1) is 9.97. The van der Waals surface area contributed by atoms with Gasteiger partial charge in [0.15, 0.2) is 6.33 Å². The van der Waals surface area contributed by atoms with Crippen molar-refractivity contribution in [3.63, 3.8) is 0 Å². The third-order valence-electron chi connectivity index (χ3n) is 1.64. The summed E-state index contributed by atoms with van der Waals surface area (Å²) in [5.41, 5.74) is 0. The second-order valence-electron chi connectivity index (χ2n) is 2.68. The van der Waals surface area contributed by atoms with Crippen LogP contribution in [0.4, 0.5) is 5.82 Å². The molecule has 0 radical (unpaired) electrons. The molecule has 0 amide bonds. The average molecular weight is 270 g/mol. The van der Waals surface area contributed by atoms with Gasteiger partial charge in [0, 0.05) is 12.6 Å². The summed E-state index contributed by atoms with van der Waals surface area (Å²) in [5.74, 6) is 0.761. The Morgan fingerprint density at radius 1 is 1.33 bits per heavy atom. The molecule has 2 aromatic rings. The second kappa shape index (κ2) is 4.78. The van der Waals surface area contributed by atoms with Crippen LogP contribution in [0.5, 0.6) is 0 Å². The molecule has 1 N–H and O–H groups in total. The fourth-order valence-electron chi connectivity index (χ4n) is 1.01. The maximum absolute atomic E-state index is 4.04. The zero-order valence-corrected chi connectivity index (χ0v) is 9.29. The molecule has 0 aliphatic heterocycles. The molecule has 2 aromatic heterocycles. The van der Waals surface area contributed by atoms with Crippen LogP contribution in [0.15, 0.2) is 23.3 Å². The lowest BCUT2D eigenvalue weighted by atomic mass is 10.5. The summed E-state index contributed by atoms with van der Waals surface area (Å²) in [4.78, 5) is 9.47. The first-order valence-corrected chi connectivity index (χ1v) is 5.06. The molecular formula is C7H8BrN7. The van der Waals surface area contributed by atoms with E-state index in [0.717, 1.165) is 10.4 Å². The summed E-state index contributed by atoms with van der Waals surface area (Å²) in [6.07, 6.45) is 2.89. The average Bonchev–Trinajstić information content (AvgIpc) is 2.71. The molecule has 7 nitrogen and oxygen atoms in total. The smallest absolute Gasteiger partial charge is 0.162 e. The third kappa shape index (κ3) is 2.94. The number of halogens is 1. The number of hydrogen-bond acceptors (Lipinski definition) is 6. The highest BCUT2D eigenvalue weighted by Crippen LogP contribution is 2.08. The molecule has 15 heavy (non-hydrogen) atoms. The van der Waals surface area contributed by atoms with Gasteiger partial charge in [-0.15, -0.1) is 10.2 Å². The van der Waals surface area contributed by atoms with Crippen molar-refractivity contribution in [2.24, 2.45) is 0 Å². The van der Waals surface area contributed by atoms with Gasteiger partial charge in [0.25, 0.3) is 0 Å². The summed E-state index contributed by atoms with van der Waals surface area (Å²) in [6, 6.07) is 1.80. The van der Waals surface area contributed by atoms with Crippen LogP contribution >= 0.6 is 15.9 Å². The fraction of sp³-hybridized carbons (Fsp3) is 0.286. The number of nitrogens with zero attached hydrogens (tertiary/aromatic N) is 6. The minimum Gasteiger partial charge on any atom is -0.368 e. The van der Waals surface area contributed by atoms with Crippen LogP contribution in [0.25, 0.3) is 0 Å². The van der Waals surface area contributed by atoms with Gasteiger partial charge in [-0.3, -0.25) is 0 Å². The molecule has 8 heteroatoms. The number of aromatic nitrogens is 6. The number of tetrazole rings is 1. The quantitative estimate of drug-likeness (QED) is 0.807. The van der Waals surface area contributed by atoms with Gasteiger partial charge in [-0.05, 0) is 21.1 Å². The third-order valence-corrected chi connectivity index (χ3v) is 2.08. The number of hydrogen-bond donors (Lipinski definition) is 1. The van der Waals surface area contributed by atoms with E-state index in [0.29, 0.717) is 13.1 Å². The molecule has 78 valence electrons. The normalized spacial score (nSPS) is 10.2. The predicted octanol–water partition coefficient (Wildman–Crippen LogP) is 0.338. The van der Waals surface area contributed by atoms with Crippen molar-refractivity contribution in [2.45, 2.75) is 6.54 Å². The molecule has 2 heterocycles. The maximum Gasteiger partial charge on any atom is 0.162 e. The lowest BCUT2D eigenvalue weighted by Gasteiger charge is -2.03. The Morgan fingerprint density at radius 2 is 2.27 bits per heavy atom. The van der Waals surface area contributed by atoms with Gasteiger partial charge < -0.3 is 5.32 Å². The molecule has 0 saturated carbocycles. The molecule has 0 aliphatic rings.